The van der Waals surface area contributed by atoms with Gasteiger partial charge in [-0.15, -0.1) is 0 Å². The molecule has 0 radical (unpaired) electrons. The number of carbonyl (C=O) groups excluding carboxylic acids is 2. The fraction of sp³-hybridized carbons (Fsp3) is 0.211. The lowest BCUT2D eigenvalue weighted by Gasteiger charge is -2.28. The SMILES string of the molecule is CCOc1ccc(-c2n[nH]nc2C2NC(=O)c3cccc(C)c3N2)cc1.CCOc1ccc(-c2n[nH]nc2[C@H]2NC(=O)c3cccc(C)c3N2)cc1. The Bertz CT molecular complexity index is 2050. The van der Waals surface area contributed by atoms with Gasteiger partial charge in [-0.1, -0.05) is 24.3 Å². The summed E-state index contributed by atoms with van der Waals surface area (Å²) < 4.78 is 11.0. The number of carbonyl (C=O) groups is 2. The third-order valence-electron chi connectivity index (χ3n) is 8.74. The van der Waals surface area contributed by atoms with Crippen molar-refractivity contribution in [3.05, 3.63) is 119 Å². The molecular weight excluding hydrogens is 660 g/mol. The molecule has 1 unspecified atom stereocenters. The summed E-state index contributed by atoms with van der Waals surface area (Å²) in [7, 11) is 0. The minimum absolute atomic E-state index is 0.131. The van der Waals surface area contributed by atoms with Gasteiger partial charge in [-0.2, -0.15) is 30.8 Å². The number of hydrogen-bond donors (Lipinski definition) is 6. The maximum absolute atomic E-state index is 12.5. The fourth-order valence-corrected chi connectivity index (χ4v) is 6.21. The van der Waals surface area contributed by atoms with Gasteiger partial charge in [-0.3, -0.25) is 9.59 Å². The molecule has 2 aliphatic heterocycles. The first kappa shape index (κ1) is 33.8. The average Bonchev–Trinajstić information content (AvgIpc) is 3.85. The molecule has 4 aromatic carbocycles. The van der Waals surface area contributed by atoms with Gasteiger partial charge in [0, 0.05) is 11.1 Å². The van der Waals surface area contributed by atoms with Gasteiger partial charge >= 0.3 is 0 Å². The highest BCUT2D eigenvalue weighted by molar-refractivity contribution is 6.03. The van der Waals surface area contributed by atoms with Gasteiger partial charge in [0.2, 0.25) is 0 Å². The van der Waals surface area contributed by atoms with E-state index in [-0.39, 0.29) is 11.8 Å². The van der Waals surface area contributed by atoms with E-state index in [0.29, 0.717) is 47.1 Å². The lowest BCUT2D eigenvalue weighted by atomic mass is 10.0. The number of para-hydroxylation sites is 2. The molecule has 8 rings (SSSR count). The summed E-state index contributed by atoms with van der Waals surface area (Å²) >= 11 is 0. The van der Waals surface area contributed by atoms with Crippen LogP contribution in [0.25, 0.3) is 22.5 Å². The summed E-state index contributed by atoms with van der Waals surface area (Å²) in [5, 5.41) is 35.0. The molecule has 0 saturated heterocycles. The Hall–Kier alpha value is -6.70. The zero-order valence-corrected chi connectivity index (χ0v) is 29.1. The van der Waals surface area contributed by atoms with Crippen molar-refractivity contribution in [2.24, 2.45) is 0 Å². The minimum atomic E-state index is -0.462. The molecule has 6 N–H and O–H groups in total. The van der Waals surface area contributed by atoms with Crippen LogP contribution in [0.3, 0.4) is 0 Å². The van der Waals surface area contributed by atoms with Gasteiger partial charge in [0.25, 0.3) is 11.8 Å². The lowest BCUT2D eigenvalue weighted by Crippen LogP contribution is -2.39. The van der Waals surface area contributed by atoms with Crippen LogP contribution in [-0.2, 0) is 0 Å². The van der Waals surface area contributed by atoms with E-state index in [2.05, 4.69) is 52.1 Å². The van der Waals surface area contributed by atoms with Crippen LogP contribution in [0.5, 0.6) is 11.5 Å². The molecule has 14 heteroatoms. The number of aryl methyl sites for hydroxylation is 2. The fourth-order valence-electron chi connectivity index (χ4n) is 6.21. The summed E-state index contributed by atoms with van der Waals surface area (Å²) in [4.78, 5) is 25.0. The van der Waals surface area contributed by atoms with Crippen molar-refractivity contribution in [2.75, 3.05) is 23.8 Å². The Balaban J connectivity index is 0.000000162. The highest BCUT2D eigenvalue weighted by Gasteiger charge is 2.31. The van der Waals surface area contributed by atoms with Gasteiger partial charge in [0.05, 0.1) is 35.7 Å². The topological polar surface area (TPSA) is 184 Å². The first-order chi connectivity index (χ1) is 25.3. The highest BCUT2D eigenvalue weighted by Crippen LogP contribution is 2.34. The number of aromatic nitrogens is 6. The van der Waals surface area contributed by atoms with Gasteiger partial charge < -0.3 is 30.7 Å². The number of rotatable bonds is 8. The molecule has 2 aromatic heterocycles. The van der Waals surface area contributed by atoms with E-state index in [1.807, 2.05) is 100 Å². The number of fused-ring (bicyclic) bond motifs is 2. The van der Waals surface area contributed by atoms with Crippen LogP contribution >= 0.6 is 0 Å². The maximum atomic E-state index is 12.5. The van der Waals surface area contributed by atoms with Crippen molar-refractivity contribution >= 4 is 23.2 Å². The van der Waals surface area contributed by atoms with Crippen molar-refractivity contribution in [1.29, 1.82) is 0 Å². The van der Waals surface area contributed by atoms with Crippen LogP contribution in [0, 0.1) is 13.8 Å². The van der Waals surface area contributed by atoms with Gasteiger partial charge in [0.1, 0.15) is 46.6 Å². The molecule has 2 aliphatic rings. The summed E-state index contributed by atoms with van der Waals surface area (Å²) in [6, 6.07) is 26.6. The molecule has 0 saturated carbocycles. The van der Waals surface area contributed by atoms with Crippen LogP contribution in [0.1, 0.15) is 69.4 Å². The number of ether oxygens (including phenoxy) is 2. The van der Waals surface area contributed by atoms with E-state index in [9.17, 15) is 9.59 Å². The minimum Gasteiger partial charge on any atom is -0.494 e. The smallest absolute Gasteiger partial charge is 0.255 e. The summed E-state index contributed by atoms with van der Waals surface area (Å²) in [5.41, 5.74) is 9.34. The summed E-state index contributed by atoms with van der Waals surface area (Å²) in [6.07, 6.45) is -0.923. The standard InChI is InChI=1S/2C19H19N5O2/c2*1-3-26-13-9-7-12(8-10-13)16-17(23-24-22-16)18-20-15-11(2)5-4-6-14(15)19(25)21-18/h2*4-10,18,20H,3H2,1-2H3,(H,21,25)(H,22,23,24)/t18-;/m1./s1. The third kappa shape index (κ3) is 6.73. The second kappa shape index (κ2) is 14.6. The van der Waals surface area contributed by atoms with Gasteiger partial charge in [-0.25, -0.2) is 0 Å². The first-order valence-corrected chi connectivity index (χ1v) is 17.0. The van der Waals surface area contributed by atoms with Crippen LogP contribution in [0.2, 0.25) is 0 Å². The molecule has 0 aliphatic carbocycles. The van der Waals surface area contributed by atoms with E-state index in [1.54, 1.807) is 12.1 Å². The molecule has 14 nitrogen and oxygen atoms in total. The van der Waals surface area contributed by atoms with Gasteiger partial charge in [0.15, 0.2) is 0 Å². The van der Waals surface area contributed by atoms with Crippen LogP contribution < -0.4 is 30.7 Å². The summed E-state index contributed by atoms with van der Waals surface area (Å²) in [5.74, 6) is 1.34. The number of hydrogen-bond acceptors (Lipinski definition) is 10. The van der Waals surface area contributed by atoms with Crippen LogP contribution in [0.4, 0.5) is 11.4 Å². The zero-order chi connectivity index (χ0) is 36.2. The normalized spacial score (nSPS) is 15.8. The van der Waals surface area contributed by atoms with Gasteiger partial charge in [-0.05, 0) is 99.5 Å². The van der Waals surface area contributed by atoms with Crippen molar-refractivity contribution in [1.82, 2.24) is 41.5 Å². The molecule has 0 spiro atoms. The van der Waals surface area contributed by atoms with Crippen LogP contribution in [0.15, 0.2) is 84.9 Å². The number of anilines is 2. The molecule has 0 fully saturated rings. The number of nitrogens with zero attached hydrogens (tertiary/aromatic N) is 4. The molecule has 6 aromatic rings. The zero-order valence-electron chi connectivity index (χ0n) is 29.1. The Labute approximate surface area is 299 Å². The Morgan fingerprint density at radius 1 is 0.538 bits per heavy atom. The van der Waals surface area contributed by atoms with Crippen LogP contribution in [-0.4, -0.2) is 55.8 Å². The number of benzene rings is 4. The largest absolute Gasteiger partial charge is 0.494 e. The molecular formula is C38H38N10O4. The Morgan fingerprint density at radius 3 is 1.33 bits per heavy atom. The molecule has 2 atom stereocenters. The number of amides is 2. The second-order valence-electron chi connectivity index (χ2n) is 12.1. The molecule has 52 heavy (non-hydrogen) atoms. The Morgan fingerprint density at radius 2 is 0.942 bits per heavy atom. The van der Waals surface area contributed by atoms with E-state index >= 15 is 0 Å². The molecule has 264 valence electrons. The van der Waals surface area contributed by atoms with Crippen molar-refractivity contribution in [3.8, 4) is 34.0 Å². The van der Waals surface area contributed by atoms with Crippen molar-refractivity contribution < 1.29 is 19.1 Å². The summed E-state index contributed by atoms with van der Waals surface area (Å²) in [6.45, 7) is 9.06. The highest BCUT2D eigenvalue weighted by atomic mass is 16.5. The molecule has 2 amide bonds. The van der Waals surface area contributed by atoms with E-state index in [4.69, 9.17) is 9.47 Å². The number of nitrogens with one attached hydrogen (secondary N) is 6. The van der Waals surface area contributed by atoms with E-state index in [0.717, 1.165) is 45.1 Å². The van der Waals surface area contributed by atoms with Crippen molar-refractivity contribution in [3.63, 3.8) is 0 Å². The third-order valence-corrected chi connectivity index (χ3v) is 8.74. The first-order valence-electron chi connectivity index (χ1n) is 17.0. The van der Waals surface area contributed by atoms with E-state index in [1.165, 1.54) is 0 Å². The molecule has 0 bridgehead atoms. The maximum Gasteiger partial charge on any atom is 0.255 e. The van der Waals surface area contributed by atoms with Crippen molar-refractivity contribution in [2.45, 2.75) is 40.0 Å². The predicted molar refractivity (Wildman–Crippen MR) is 196 cm³/mol. The number of H-pyrrole nitrogens is 2. The van der Waals surface area contributed by atoms with E-state index < -0.39 is 12.3 Å². The number of aromatic amines is 2. The Kier molecular flexibility index (Phi) is 9.52. The average molecular weight is 699 g/mol. The quantitative estimate of drug-likeness (QED) is 0.109. The predicted octanol–water partition coefficient (Wildman–Crippen LogP) is 6.07. The monoisotopic (exact) mass is 698 g/mol. The second-order valence-corrected chi connectivity index (χ2v) is 12.1. The molecule has 4 heterocycles. The lowest BCUT2D eigenvalue weighted by molar-refractivity contribution is 0.0926.